The van der Waals surface area contributed by atoms with Crippen molar-refractivity contribution in [3.63, 3.8) is 0 Å². The number of amides is 1. The van der Waals surface area contributed by atoms with Crippen molar-refractivity contribution in [1.29, 1.82) is 0 Å². The first-order valence-corrected chi connectivity index (χ1v) is 8.83. The molecule has 3 aromatic heterocycles. The zero-order valence-corrected chi connectivity index (χ0v) is 14.0. The van der Waals surface area contributed by atoms with Crippen molar-refractivity contribution in [2.24, 2.45) is 5.92 Å². The minimum absolute atomic E-state index is 0.147. The van der Waals surface area contributed by atoms with Crippen molar-refractivity contribution < 1.29 is 4.79 Å². The number of thiophene rings is 1. The van der Waals surface area contributed by atoms with E-state index < -0.39 is 0 Å². The molecule has 3 aromatic rings. The fourth-order valence-electron chi connectivity index (χ4n) is 3.12. The van der Waals surface area contributed by atoms with E-state index in [4.69, 9.17) is 0 Å². The summed E-state index contributed by atoms with van der Waals surface area (Å²) in [5, 5.41) is 8.23. The SMILES string of the molecule is O=C(Cc1ccsc1)N1Cc2nccn2CC(Cn2cncn2)C1. The predicted octanol–water partition coefficient (Wildman–Crippen LogP) is 1.44. The van der Waals surface area contributed by atoms with Gasteiger partial charge in [0.25, 0.3) is 0 Å². The van der Waals surface area contributed by atoms with Crippen molar-refractivity contribution in [2.75, 3.05) is 6.54 Å². The minimum Gasteiger partial charge on any atom is -0.335 e. The third-order valence-corrected chi connectivity index (χ3v) is 5.00. The second-order valence-corrected chi connectivity index (χ2v) is 6.84. The van der Waals surface area contributed by atoms with Gasteiger partial charge in [0.05, 0.1) is 13.0 Å². The molecule has 24 heavy (non-hydrogen) atoms. The quantitative estimate of drug-likeness (QED) is 0.719. The molecule has 0 N–H and O–H groups in total. The normalized spacial score (nSPS) is 17.5. The molecule has 1 amide bonds. The van der Waals surface area contributed by atoms with Crippen molar-refractivity contribution in [2.45, 2.75) is 26.1 Å². The first kappa shape index (κ1) is 15.1. The van der Waals surface area contributed by atoms with E-state index in [0.717, 1.165) is 24.5 Å². The lowest BCUT2D eigenvalue weighted by atomic mass is 10.1. The lowest BCUT2D eigenvalue weighted by molar-refractivity contribution is -0.131. The summed E-state index contributed by atoms with van der Waals surface area (Å²) in [4.78, 5) is 23.1. The van der Waals surface area contributed by atoms with Gasteiger partial charge in [-0.05, 0) is 22.4 Å². The van der Waals surface area contributed by atoms with Crippen LogP contribution in [0.1, 0.15) is 11.4 Å². The number of aromatic nitrogens is 5. The van der Waals surface area contributed by atoms with E-state index in [1.807, 2.05) is 32.6 Å². The highest BCUT2D eigenvalue weighted by Gasteiger charge is 2.26. The molecule has 0 aliphatic carbocycles. The summed E-state index contributed by atoms with van der Waals surface area (Å²) in [6, 6.07) is 2.01. The third-order valence-electron chi connectivity index (χ3n) is 4.27. The summed E-state index contributed by atoms with van der Waals surface area (Å²) < 4.78 is 3.97. The highest BCUT2D eigenvalue weighted by molar-refractivity contribution is 7.07. The lowest BCUT2D eigenvalue weighted by Gasteiger charge is -2.24. The molecule has 0 fully saturated rings. The summed E-state index contributed by atoms with van der Waals surface area (Å²) in [7, 11) is 0. The van der Waals surface area contributed by atoms with Crippen LogP contribution in [0.4, 0.5) is 0 Å². The van der Waals surface area contributed by atoms with Crippen LogP contribution >= 0.6 is 11.3 Å². The van der Waals surface area contributed by atoms with Crippen LogP contribution in [0.2, 0.25) is 0 Å². The molecule has 7 nitrogen and oxygen atoms in total. The van der Waals surface area contributed by atoms with E-state index >= 15 is 0 Å². The Morgan fingerprint density at radius 3 is 3.12 bits per heavy atom. The minimum atomic E-state index is 0.147. The number of hydrogen-bond acceptors (Lipinski definition) is 5. The molecule has 8 heteroatoms. The maximum absolute atomic E-state index is 12.8. The molecule has 1 aliphatic heterocycles. The Morgan fingerprint density at radius 2 is 2.33 bits per heavy atom. The molecule has 1 aliphatic rings. The maximum atomic E-state index is 12.8. The first-order chi connectivity index (χ1) is 11.8. The molecule has 1 atom stereocenters. The van der Waals surface area contributed by atoms with Crippen LogP contribution in [0, 0.1) is 5.92 Å². The van der Waals surface area contributed by atoms with Gasteiger partial charge < -0.3 is 9.47 Å². The van der Waals surface area contributed by atoms with Crippen LogP contribution < -0.4 is 0 Å². The topological polar surface area (TPSA) is 68.8 Å². The molecular weight excluding hydrogens is 324 g/mol. The third kappa shape index (κ3) is 3.23. The smallest absolute Gasteiger partial charge is 0.227 e. The van der Waals surface area contributed by atoms with Gasteiger partial charge in [0.15, 0.2) is 0 Å². The van der Waals surface area contributed by atoms with E-state index in [-0.39, 0.29) is 11.8 Å². The highest BCUT2D eigenvalue weighted by atomic mass is 32.1. The Labute approximate surface area is 143 Å². The first-order valence-electron chi connectivity index (χ1n) is 7.89. The maximum Gasteiger partial charge on any atom is 0.227 e. The van der Waals surface area contributed by atoms with Crippen molar-refractivity contribution in [1.82, 2.24) is 29.2 Å². The molecule has 0 spiro atoms. The fourth-order valence-corrected chi connectivity index (χ4v) is 3.79. The number of hydrogen-bond donors (Lipinski definition) is 0. The number of rotatable bonds is 4. The Balaban J connectivity index is 1.53. The average molecular weight is 342 g/mol. The van der Waals surface area contributed by atoms with Crippen LogP contribution in [0.25, 0.3) is 0 Å². The summed E-state index contributed by atoms with van der Waals surface area (Å²) in [6.07, 6.45) is 7.49. The summed E-state index contributed by atoms with van der Waals surface area (Å²) >= 11 is 1.62. The molecule has 0 aromatic carbocycles. The van der Waals surface area contributed by atoms with Crippen molar-refractivity contribution >= 4 is 17.2 Å². The monoisotopic (exact) mass is 342 g/mol. The number of carbonyl (C=O) groups excluding carboxylic acids is 1. The van der Waals surface area contributed by atoms with Gasteiger partial charge in [0.2, 0.25) is 5.91 Å². The second-order valence-electron chi connectivity index (χ2n) is 6.06. The second kappa shape index (κ2) is 6.56. The molecule has 0 saturated carbocycles. The van der Waals surface area contributed by atoms with Crippen LogP contribution in [-0.2, 0) is 30.8 Å². The van der Waals surface area contributed by atoms with Crippen LogP contribution in [-0.4, -0.2) is 41.7 Å². The highest BCUT2D eigenvalue weighted by Crippen LogP contribution is 2.18. The fraction of sp³-hybridized carbons (Fsp3) is 0.375. The Hall–Kier alpha value is -2.48. The predicted molar refractivity (Wildman–Crippen MR) is 89.2 cm³/mol. The number of fused-ring (bicyclic) bond motifs is 1. The van der Waals surface area contributed by atoms with E-state index in [1.165, 1.54) is 0 Å². The average Bonchev–Trinajstić information content (AvgIpc) is 3.30. The number of imidazole rings is 1. The molecule has 0 radical (unpaired) electrons. The van der Waals surface area contributed by atoms with Gasteiger partial charge in [-0.1, -0.05) is 0 Å². The summed E-state index contributed by atoms with van der Waals surface area (Å²) in [5.74, 6) is 1.36. The van der Waals surface area contributed by atoms with Gasteiger partial charge in [-0.25, -0.2) is 9.97 Å². The van der Waals surface area contributed by atoms with Crippen LogP contribution in [0.15, 0.2) is 41.9 Å². The lowest BCUT2D eigenvalue weighted by Crippen LogP contribution is -2.36. The Bertz CT molecular complexity index is 795. The molecule has 0 saturated heterocycles. The van der Waals surface area contributed by atoms with Gasteiger partial charge in [-0.2, -0.15) is 16.4 Å². The molecule has 4 heterocycles. The van der Waals surface area contributed by atoms with Crippen molar-refractivity contribution in [3.8, 4) is 0 Å². The molecule has 1 unspecified atom stereocenters. The summed E-state index contributed by atoms with van der Waals surface area (Å²) in [5.41, 5.74) is 1.07. The van der Waals surface area contributed by atoms with E-state index in [9.17, 15) is 4.79 Å². The molecule has 4 rings (SSSR count). The molecule has 0 bridgehead atoms. The van der Waals surface area contributed by atoms with E-state index in [1.54, 1.807) is 30.2 Å². The zero-order chi connectivity index (χ0) is 16.4. The van der Waals surface area contributed by atoms with Crippen LogP contribution in [0.3, 0.4) is 0 Å². The molecule has 124 valence electrons. The Kier molecular flexibility index (Phi) is 4.12. The summed E-state index contributed by atoms with van der Waals surface area (Å²) in [6.45, 7) is 2.83. The van der Waals surface area contributed by atoms with Gasteiger partial charge in [-0.3, -0.25) is 9.48 Å². The largest absolute Gasteiger partial charge is 0.335 e. The van der Waals surface area contributed by atoms with Gasteiger partial charge in [-0.15, -0.1) is 0 Å². The Morgan fingerprint density at radius 1 is 1.38 bits per heavy atom. The van der Waals surface area contributed by atoms with Crippen molar-refractivity contribution in [3.05, 3.63) is 53.3 Å². The standard InChI is InChI=1S/C16H18N6OS/c23-16(5-13-1-4-24-10-13)21-7-14(8-22-12-17-11-19-22)6-20-3-2-18-15(20)9-21/h1-4,10-12,14H,5-9H2. The number of nitrogens with zero attached hydrogens (tertiary/aromatic N) is 6. The van der Waals surface area contributed by atoms with Gasteiger partial charge >= 0.3 is 0 Å². The van der Waals surface area contributed by atoms with E-state index in [2.05, 4.69) is 19.6 Å². The number of carbonyl (C=O) groups is 1. The van der Waals surface area contributed by atoms with E-state index in [0.29, 0.717) is 19.5 Å². The zero-order valence-electron chi connectivity index (χ0n) is 13.2. The van der Waals surface area contributed by atoms with Crippen LogP contribution in [0.5, 0.6) is 0 Å². The van der Waals surface area contributed by atoms with Gasteiger partial charge in [0, 0.05) is 37.9 Å². The van der Waals surface area contributed by atoms with Gasteiger partial charge in [0.1, 0.15) is 18.5 Å². The molecular formula is C16H18N6OS.